The van der Waals surface area contributed by atoms with Gasteiger partial charge in [-0.05, 0) is 36.1 Å². The number of rotatable bonds is 1. The Kier molecular flexibility index (Phi) is 2.28. The molecule has 0 radical (unpaired) electrons. The van der Waals surface area contributed by atoms with Crippen LogP contribution in [0.2, 0.25) is 5.02 Å². The summed E-state index contributed by atoms with van der Waals surface area (Å²) in [5, 5.41) is 2.09. The van der Waals surface area contributed by atoms with E-state index in [0.717, 1.165) is 5.02 Å². The van der Waals surface area contributed by atoms with Gasteiger partial charge in [0.15, 0.2) is 0 Å². The van der Waals surface area contributed by atoms with Gasteiger partial charge in [-0.15, -0.1) is 0 Å². The molecule has 1 N–H and O–H groups in total. The molecule has 0 amide bonds. The molecule has 0 aliphatic rings. The van der Waals surface area contributed by atoms with E-state index in [1.807, 2.05) is 6.20 Å². The molecule has 0 fully saturated rings. The maximum Gasteiger partial charge on any atom is 0.0460 e. The van der Waals surface area contributed by atoms with Crippen LogP contribution in [0.5, 0.6) is 0 Å². The molecule has 1 aromatic carbocycles. The Morgan fingerprint density at radius 1 is 1.29 bits per heavy atom. The monoisotopic (exact) mass is 207 g/mol. The van der Waals surface area contributed by atoms with Gasteiger partial charge in [0.05, 0.1) is 0 Å². The molecule has 2 aromatic rings. The van der Waals surface area contributed by atoms with Crippen molar-refractivity contribution in [1.82, 2.24) is 4.98 Å². The van der Waals surface area contributed by atoms with Crippen LogP contribution in [0.15, 0.2) is 18.3 Å². The minimum atomic E-state index is 0.468. The summed E-state index contributed by atoms with van der Waals surface area (Å²) in [6.45, 7) is 6.40. The summed E-state index contributed by atoms with van der Waals surface area (Å²) in [6, 6.07) is 4.20. The Morgan fingerprint density at radius 3 is 2.64 bits per heavy atom. The molecule has 0 aliphatic carbocycles. The summed E-state index contributed by atoms with van der Waals surface area (Å²) < 4.78 is 0. The van der Waals surface area contributed by atoms with Crippen molar-refractivity contribution in [3.05, 3.63) is 34.5 Å². The van der Waals surface area contributed by atoms with Crippen LogP contribution in [0.1, 0.15) is 30.9 Å². The molecule has 0 aliphatic heterocycles. The number of hydrogen-bond acceptors (Lipinski definition) is 0. The van der Waals surface area contributed by atoms with Gasteiger partial charge in [-0.3, -0.25) is 0 Å². The van der Waals surface area contributed by atoms with Crippen molar-refractivity contribution >= 4 is 22.5 Å². The van der Waals surface area contributed by atoms with E-state index in [0.29, 0.717) is 5.92 Å². The summed E-state index contributed by atoms with van der Waals surface area (Å²) >= 11 is 6.21. The third-order valence-electron chi connectivity index (χ3n) is 2.63. The smallest absolute Gasteiger partial charge is 0.0460 e. The molecule has 0 bridgehead atoms. The maximum absolute atomic E-state index is 6.21. The maximum atomic E-state index is 6.21. The fourth-order valence-electron chi connectivity index (χ4n) is 1.74. The van der Waals surface area contributed by atoms with Gasteiger partial charge < -0.3 is 4.98 Å². The third-order valence-corrected chi connectivity index (χ3v) is 2.96. The molecule has 14 heavy (non-hydrogen) atoms. The quantitative estimate of drug-likeness (QED) is 0.720. The lowest BCUT2D eigenvalue weighted by molar-refractivity contribution is 0.868. The zero-order valence-electron chi connectivity index (χ0n) is 8.69. The van der Waals surface area contributed by atoms with Gasteiger partial charge in [0.2, 0.25) is 0 Å². The third kappa shape index (κ3) is 1.42. The molecule has 1 aromatic heterocycles. The van der Waals surface area contributed by atoms with Crippen LogP contribution in [-0.2, 0) is 0 Å². The predicted molar refractivity (Wildman–Crippen MR) is 62.1 cm³/mol. The fraction of sp³-hybridized carbons (Fsp3) is 0.333. The minimum absolute atomic E-state index is 0.468. The average Bonchev–Trinajstić information content (AvgIpc) is 2.46. The van der Waals surface area contributed by atoms with Gasteiger partial charge >= 0.3 is 0 Å². The minimum Gasteiger partial charge on any atom is -0.361 e. The number of benzene rings is 1. The largest absolute Gasteiger partial charge is 0.361 e. The van der Waals surface area contributed by atoms with Crippen LogP contribution in [0.3, 0.4) is 0 Å². The van der Waals surface area contributed by atoms with E-state index in [-0.39, 0.29) is 0 Å². The zero-order chi connectivity index (χ0) is 10.3. The second-order valence-electron chi connectivity index (χ2n) is 4.05. The highest BCUT2D eigenvalue weighted by Crippen LogP contribution is 2.30. The summed E-state index contributed by atoms with van der Waals surface area (Å²) in [6.07, 6.45) is 2.02. The van der Waals surface area contributed by atoms with E-state index in [2.05, 4.69) is 37.9 Å². The SMILES string of the molecule is Cc1c[nH]c2cc(C(C)C)c(Cl)cc12. The second kappa shape index (κ2) is 3.32. The lowest BCUT2D eigenvalue weighted by Crippen LogP contribution is -1.88. The number of nitrogens with one attached hydrogen (secondary N) is 1. The van der Waals surface area contributed by atoms with Gasteiger partial charge in [0, 0.05) is 22.1 Å². The molecule has 0 unspecified atom stereocenters. The molecule has 1 heterocycles. The fourth-order valence-corrected chi connectivity index (χ4v) is 2.12. The highest BCUT2D eigenvalue weighted by molar-refractivity contribution is 6.32. The first kappa shape index (κ1) is 9.60. The van der Waals surface area contributed by atoms with Crippen LogP contribution in [0.25, 0.3) is 10.9 Å². The summed E-state index contributed by atoms with van der Waals surface area (Å²) in [5.41, 5.74) is 3.63. The standard InChI is InChI=1S/C12H14ClN/c1-7(2)9-5-12-10(4-11(9)13)8(3)6-14-12/h4-7,14H,1-3H3. The first-order valence-corrected chi connectivity index (χ1v) is 5.24. The Morgan fingerprint density at radius 2 is 2.00 bits per heavy atom. The molecular formula is C12H14ClN. The Labute approximate surface area is 89.1 Å². The normalized spacial score (nSPS) is 11.5. The molecule has 2 rings (SSSR count). The van der Waals surface area contributed by atoms with Crippen LogP contribution in [0, 0.1) is 6.92 Å². The van der Waals surface area contributed by atoms with Crippen molar-refractivity contribution in [3.63, 3.8) is 0 Å². The number of aromatic amines is 1. The van der Waals surface area contributed by atoms with E-state index < -0.39 is 0 Å². The molecule has 0 atom stereocenters. The molecule has 0 saturated heterocycles. The number of hydrogen-bond donors (Lipinski definition) is 1. The number of H-pyrrole nitrogens is 1. The number of aromatic nitrogens is 1. The van der Waals surface area contributed by atoms with Gasteiger partial charge in [0.25, 0.3) is 0 Å². The van der Waals surface area contributed by atoms with E-state index >= 15 is 0 Å². The van der Waals surface area contributed by atoms with Gasteiger partial charge in [-0.25, -0.2) is 0 Å². The van der Waals surface area contributed by atoms with Crippen LogP contribution >= 0.6 is 11.6 Å². The van der Waals surface area contributed by atoms with Crippen molar-refractivity contribution in [3.8, 4) is 0 Å². The topological polar surface area (TPSA) is 15.8 Å². The number of fused-ring (bicyclic) bond motifs is 1. The van der Waals surface area contributed by atoms with E-state index in [9.17, 15) is 0 Å². The molecule has 0 saturated carbocycles. The van der Waals surface area contributed by atoms with Crippen molar-refractivity contribution in [2.24, 2.45) is 0 Å². The van der Waals surface area contributed by atoms with Crippen molar-refractivity contribution in [1.29, 1.82) is 0 Å². The molecule has 2 heteroatoms. The lowest BCUT2D eigenvalue weighted by atomic mass is 10.0. The van der Waals surface area contributed by atoms with Gasteiger partial charge in [-0.2, -0.15) is 0 Å². The van der Waals surface area contributed by atoms with Crippen molar-refractivity contribution < 1.29 is 0 Å². The first-order chi connectivity index (χ1) is 6.59. The second-order valence-corrected chi connectivity index (χ2v) is 4.45. The predicted octanol–water partition coefficient (Wildman–Crippen LogP) is 4.25. The first-order valence-electron chi connectivity index (χ1n) is 4.86. The van der Waals surface area contributed by atoms with Crippen molar-refractivity contribution in [2.45, 2.75) is 26.7 Å². The number of halogens is 1. The Balaban J connectivity index is 2.72. The van der Waals surface area contributed by atoms with Crippen LogP contribution in [-0.4, -0.2) is 4.98 Å². The van der Waals surface area contributed by atoms with Crippen LogP contribution in [0.4, 0.5) is 0 Å². The molecule has 74 valence electrons. The van der Waals surface area contributed by atoms with E-state index in [1.165, 1.54) is 22.0 Å². The summed E-state index contributed by atoms with van der Waals surface area (Å²) in [7, 11) is 0. The summed E-state index contributed by atoms with van der Waals surface area (Å²) in [4.78, 5) is 3.25. The van der Waals surface area contributed by atoms with Crippen molar-refractivity contribution in [2.75, 3.05) is 0 Å². The van der Waals surface area contributed by atoms with Crippen LogP contribution < -0.4 is 0 Å². The average molecular weight is 208 g/mol. The van der Waals surface area contributed by atoms with E-state index in [1.54, 1.807) is 0 Å². The van der Waals surface area contributed by atoms with Gasteiger partial charge in [0.1, 0.15) is 0 Å². The van der Waals surface area contributed by atoms with Gasteiger partial charge in [-0.1, -0.05) is 25.4 Å². The highest BCUT2D eigenvalue weighted by Gasteiger charge is 2.08. The number of aryl methyl sites for hydroxylation is 1. The summed E-state index contributed by atoms with van der Waals surface area (Å²) in [5.74, 6) is 0.468. The Bertz CT molecular complexity index is 468. The molecule has 0 spiro atoms. The zero-order valence-corrected chi connectivity index (χ0v) is 9.44. The Hall–Kier alpha value is -0.950. The highest BCUT2D eigenvalue weighted by atomic mass is 35.5. The van der Waals surface area contributed by atoms with E-state index in [4.69, 9.17) is 11.6 Å². The molecular weight excluding hydrogens is 194 g/mol. The molecule has 1 nitrogen and oxygen atoms in total. The lowest BCUT2D eigenvalue weighted by Gasteiger charge is -2.08.